The predicted octanol–water partition coefficient (Wildman–Crippen LogP) is 18.3. The van der Waals surface area contributed by atoms with Crippen molar-refractivity contribution in [2.24, 2.45) is 0 Å². The fourth-order valence-corrected chi connectivity index (χ4v) is 9.54. The first-order chi connectivity index (χ1) is 31.6. The van der Waals surface area contributed by atoms with Gasteiger partial charge in [-0.05, 0) is 19.3 Å². The van der Waals surface area contributed by atoms with E-state index in [0.29, 0.717) is 6.42 Å². The van der Waals surface area contributed by atoms with E-state index in [2.05, 4.69) is 19.2 Å². The molecule has 64 heavy (non-hydrogen) atoms. The maximum absolute atomic E-state index is 12.6. The van der Waals surface area contributed by atoms with Gasteiger partial charge in [0.15, 0.2) is 0 Å². The number of rotatable bonds is 55. The topological polar surface area (TPSA) is 89.8 Å². The van der Waals surface area contributed by atoms with Crippen LogP contribution in [0.3, 0.4) is 0 Å². The van der Waals surface area contributed by atoms with Crippen molar-refractivity contribution in [2.75, 3.05) is 6.61 Å². The number of unbranched alkanes of at least 4 members (excludes halogenated alkanes) is 47. The van der Waals surface area contributed by atoms with Gasteiger partial charge in [-0.2, -0.15) is 0 Å². The highest BCUT2D eigenvalue weighted by Gasteiger charge is 2.22. The number of hydrogen-bond acceptors (Lipinski definition) is 4. The van der Waals surface area contributed by atoms with Crippen molar-refractivity contribution in [3.63, 3.8) is 0 Å². The van der Waals surface area contributed by atoms with Crippen LogP contribution in [0.2, 0.25) is 0 Å². The molecular weight excluding hydrogens is 787 g/mol. The molecule has 5 nitrogen and oxygen atoms in total. The molecule has 0 aliphatic carbocycles. The summed E-state index contributed by atoms with van der Waals surface area (Å²) in [7, 11) is 0. The molecule has 0 saturated carbocycles. The summed E-state index contributed by atoms with van der Waals surface area (Å²) in [4.78, 5) is 12.6. The largest absolute Gasteiger partial charge is 0.394 e. The molecule has 0 aliphatic heterocycles. The molecule has 1 amide bonds. The molecule has 0 radical (unpaired) electrons. The zero-order valence-electron chi connectivity index (χ0n) is 43.7. The lowest BCUT2D eigenvalue weighted by atomic mass is 10.0. The van der Waals surface area contributed by atoms with Crippen molar-refractivity contribution in [1.82, 2.24) is 5.32 Å². The number of aliphatic hydroxyl groups excluding tert-OH is 3. The Bertz CT molecular complexity index is 909. The molecule has 0 aromatic heterocycles. The van der Waals surface area contributed by atoms with Crippen LogP contribution in [0.1, 0.15) is 335 Å². The molecule has 4 N–H and O–H groups in total. The number of aliphatic hydroxyl groups is 3. The molecule has 382 valence electrons. The van der Waals surface area contributed by atoms with Crippen LogP contribution in [-0.2, 0) is 4.79 Å². The summed E-state index contributed by atoms with van der Waals surface area (Å²) in [5.41, 5.74) is 0. The lowest BCUT2D eigenvalue weighted by Crippen LogP contribution is -2.48. The fourth-order valence-electron chi connectivity index (χ4n) is 9.54. The third kappa shape index (κ3) is 49.0. The SMILES string of the molecule is CCCCCCCCCCCCCCCCCC/C=C/C(O)C(CO)NC(=O)C(O)CCCCCCCCCCCCCCCCCCCCCCCCCCCCCCCCCC. The van der Waals surface area contributed by atoms with Gasteiger partial charge in [0, 0.05) is 0 Å². The normalized spacial score (nSPS) is 13.3. The Morgan fingerprint density at radius 2 is 0.609 bits per heavy atom. The van der Waals surface area contributed by atoms with Crippen LogP contribution < -0.4 is 5.32 Å². The van der Waals surface area contributed by atoms with E-state index in [-0.39, 0.29) is 6.61 Å². The Labute approximate surface area is 401 Å². The number of allylic oxidation sites excluding steroid dienone is 1. The first-order valence-electron chi connectivity index (χ1n) is 29.5. The van der Waals surface area contributed by atoms with Gasteiger partial charge in [0.25, 0.3) is 0 Å². The molecular formula is C59H117NO4. The second-order valence-electron chi connectivity index (χ2n) is 20.6. The van der Waals surface area contributed by atoms with Gasteiger partial charge in [0.05, 0.1) is 18.8 Å². The quantitative estimate of drug-likeness (QED) is 0.0362. The van der Waals surface area contributed by atoms with Gasteiger partial charge >= 0.3 is 0 Å². The lowest BCUT2D eigenvalue weighted by Gasteiger charge is -2.21. The summed E-state index contributed by atoms with van der Waals surface area (Å²) in [6.07, 6.45) is 68.8. The summed E-state index contributed by atoms with van der Waals surface area (Å²) in [5.74, 6) is -0.495. The number of hydrogen-bond donors (Lipinski definition) is 4. The Morgan fingerprint density at radius 3 is 0.859 bits per heavy atom. The molecule has 0 aromatic rings. The second-order valence-corrected chi connectivity index (χ2v) is 20.6. The van der Waals surface area contributed by atoms with Crippen LogP contribution in [0.5, 0.6) is 0 Å². The van der Waals surface area contributed by atoms with Crippen LogP contribution in [0.4, 0.5) is 0 Å². The van der Waals surface area contributed by atoms with E-state index in [0.717, 1.165) is 32.1 Å². The van der Waals surface area contributed by atoms with Gasteiger partial charge in [0.2, 0.25) is 5.91 Å². The molecule has 3 unspecified atom stereocenters. The van der Waals surface area contributed by atoms with Crippen molar-refractivity contribution >= 4 is 5.91 Å². The van der Waals surface area contributed by atoms with Crippen molar-refractivity contribution in [3.8, 4) is 0 Å². The average molecular weight is 905 g/mol. The summed E-state index contributed by atoms with van der Waals surface area (Å²) >= 11 is 0. The Balaban J connectivity index is 3.48. The Morgan fingerprint density at radius 1 is 0.375 bits per heavy atom. The van der Waals surface area contributed by atoms with Crippen LogP contribution in [0, 0.1) is 0 Å². The fraction of sp³-hybridized carbons (Fsp3) is 0.949. The summed E-state index contributed by atoms with van der Waals surface area (Å²) < 4.78 is 0. The minimum Gasteiger partial charge on any atom is -0.394 e. The van der Waals surface area contributed by atoms with Crippen LogP contribution in [0.25, 0.3) is 0 Å². The van der Waals surface area contributed by atoms with Gasteiger partial charge < -0.3 is 20.6 Å². The van der Waals surface area contributed by atoms with Crippen LogP contribution >= 0.6 is 0 Å². The molecule has 5 heteroatoms. The number of carbonyl (C=O) groups excluding carboxylic acids is 1. The molecule has 0 rings (SSSR count). The zero-order valence-corrected chi connectivity index (χ0v) is 43.7. The van der Waals surface area contributed by atoms with E-state index in [1.54, 1.807) is 6.08 Å². The third-order valence-corrected chi connectivity index (χ3v) is 14.1. The highest BCUT2D eigenvalue weighted by Crippen LogP contribution is 2.18. The maximum Gasteiger partial charge on any atom is 0.249 e. The molecule has 0 aromatic carbocycles. The second kappa shape index (κ2) is 54.7. The van der Waals surface area contributed by atoms with Gasteiger partial charge in [-0.15, -0.1) is 0 Å². The van der Waals surface area contributed by atoms with Gasteiger partial charge in [-0.25, -0.2) is 0 Å². The minimum absolute atomic E-state index is 0.358. The number of nitrogens with one attached hydrogen (secondary N) is 1. The number of carbonyl (C=O) groups is 1. The molecule has 0 fully saturated rings. The molecule has 0 saturated heterocycles. The van der Waals surface area contributed by atoms with E-state index in [1.807, 2.05) is 6.08 Å². The first-order valence-corrected chi connectivity index (χ1v) is 29.5. The zero-order chi connectivity index (χ0) is 46.5. The minimum atomic E-state index is -1.09. The van der Waals surface area contributed by atoms with E-state index in [4.69, 9.17) is 0 Å². The summed E-state index contributed by atoms with van der Waals surface area (Å²) in [6, 6.07) is -0.794. The van der Waals surface area contributed by atoms with E-state index in [1.165, 1.54) is 283 Å². The summed E-state index contributed by atoms with van der Waals surface area (Å²) in [6.45, 7) is 4.22. The smallest absolute Gasteiger partial charge is 0.249 e. The number of amides is 1. The molecule has 0 spiro atoms. The van der Waals surface area contributed by atoms with Gasteiger partial charge in [0.1, 0.15) is 6.10 Å². The predicted molar refractivity (Wildman–Crippen MR) is 282 cm³/mol. The van der Waals surface area contributed by atoms with Crippen LogP contribution in [0.15, 0.2) is 12.2 Å². The van der Waals surface area contributed by atoms with E-state index >= 15 is 0 Å². The standard InChI is InChI=1S/C59H117NO4/c1-3-5-7-9-11-13-15-17-19-21-23-24-25-26-27-28-29-30-31-32-33-34-35-36-38-40-42-44-46-48-50-52-54-58(63)59(64)60-56(55-61)57(62)53-51-49-47-45-43-41-39-37-22-20-18-16-14-12-10-8-6-4-2/h51,53,56-58,61-63H,3-50,52,54-55H2,1-2H3,(H,60,64)/b53-51+. The molecule has 0 bridgehead atoms. The van der Waals surface area contributed by atoms with Gasteiger partial charge in [-0.1, -0.05) is 328 Å². The van der Waals surface area contributed by atoms with Crippen molar-refractivity contribution in [1.29, 1.82) is 0 Å². The van der Waals surface area contributed by atoms with E-state index in [9.17, 15) is 20.1 Å². The first kappa shape index (κ1) is 63.1. The van der Waals surface area contributed by atoms with Crippen molar-refractivity contribution in [2.45, 2.75) is 353 Å². The molecule has 3 atom stereocenters. The lowest BCUT2D eigenvalue weighted by molar-refractivity contribution is -0.131. The monoisotopic (exact) mass is 904 g/mol. The maximum atomic E-state index is 12.6. The van der Waals surface area contributed by atoms with Crippen LogP contribution in [-0.4, -0.2) is 46.1 Å². The molecule has 0 heterocycles. The average Bonchev–Trinajstić information content (AvgIpc) is 3.30. The highest BCUT2D eigenvalue weighted by molar-refractivity contribution is 5.80. The Kier molecular flexibility index (Phi) is 53.9. The molecule has 0 aliphatic rings. The highest BCUT2D eigenvalue weighted by atomic mass is 16.3. The van der Waals surface area contributed by atoms with Crippen molar-refractivity contribution < 1.29 is 20.1 Å². The summed E-state index contributed by atoms with van der Waals surface area (Å²) in [5, 5.41) is 33.4. The Hall–Kier alpha value is -0.910. The van der Waals surface area contributed by atoms with E-state index < -0.39 is 24.2 Å². The van der Waals surface area contributed by atoms with Crippen molar-refractivity contribution in [3.05, 3.63) is 12.2 Å². The third-order valence-electron chi connectivity index (χ3n) is 14.1. The van der Waals surface area contributed by atoms with Gasteiger partial charge in [-0.3, -0.25) is 4.79 Å².